The number of nitrogens with zero attached hydrogens (tertiary/aromatic N) is 1. The molecule has 0 heterocycles. The summed E-state index contributed by atoms with van der Waals surface area (Å²) in [6, 6.07) is 8.90. The van der Waals surface area contributed by atoms with E-state index in [9.17, 15) is 13.2 Å². The quantitative estimate of drug-likeness (QED) is 0.818. The van der Waals surface area contributed by atoms with E-state index in [0.717, 1.165) is 22.9 Å². The minimum atomic E-state index is -4.42. The van der Waals surface area contributed by atoms with E-state index < -0.39 is 12.1 Å². The highest BCUT2D eigenvalue weighted by molar-refractivity contribution is 7.98. The predicted octanol–water partition coefficient (Wildman–Crippen LogP) is 3.93. The molecular formula is C12H12F3NS. The second kappa shape index (κ2) is 5.97. The van der Waals surface area contributed by atoms with Gasteiger partial charge >= 0.3 is 6.18 Å². The first kappa shape index (κ1) is 13.9. The Morgan fingerprint density at radius 1 is 1.41 bits per heavy atom. The molecule has 0 spiro atoms. The maximum absolute atomic E-state index is 12.3. The Balaban J connectivity index is 2.45. The summed E-state index contributed by atoms with van der Waals surface area (Å²) < 4.78 is 36.8. The molecule has 0 aromatic heterocycles. The zero-order chi connectivity index (χ0) is 12.9. The van der Waals surface area contributed by atoms with Crippen LogP contribution < -0.4 is 0 Å². The molecule has 0 aliphatic heterocycles. The molecular weight excluding hydrogens is 247 g/mol. The third kappa shape index (κ3) is 4.70. The molecule has 0 aliphatic rings. The number of rotatable bonds is 4. The summed E-state index contributed by atoms with van der Waals surface area (Å²) in [6.45, 7) is 1.93. The Labute approximate surface area is 103 Å². The van der Waals surface area contributed by atoms with E-state index in [1.54, 1.807) is 0 Å². The molecule has 0 fully saturated rings. The normalized spacial score (nSPS) is 13.1. The Kier molecular flexibility index (Phi) is 4.88. The lowest BCUT2D eigenvalue weighted by atomic mass is 10.2. The molecule has 0 aliphatic carbocycles. The molecule has 1 nitrogen and oxygen atoms in total. The molecule has 0 N–H and O–H groups in total. The van der Waals surface area contributed by atoms with Gasteiger partial charge in [-0.25, -0.2) is 0 Å². The van der Waals surface area contributed by atoms with E-state index in [0.29, 0.717) is 5.75 Å². The van der Waals surface area contributed by atoms with E-state index >= 15 is 0 Å². The summed E-state index contributed by atoms with van der Waals surface area (Å²) in [7, 11) is 0. The number of halogens is 3. The van der Waals surface area contributed by atoms with Crippen LogP contribution in [0.25, 0.3) is 0 Å². The monoisotopic (exact) mass is 259 g/mol. The zero-order valence-corrected chi connectivity index (χ0v) is 10.1. The fourth-order valence-electron chi connectivity index (χ4n) is 1.30. The summed E-state index contributed by atoms with van der Waals surface area (Å²) in [5, 5.41) is 8.42. The van der Waals surface area contributed by atoms with E-state index in [4.69, 9.17) is 5.26 Å². The van der Waals surface area contributed by atoms with E-state index in [-0.39, 0.29) is 5.75 Å². The molecule has 1 unspecified atom stereocenters. The van der Waals surface area contributed by atoms with Crippen molar-refractivity contribution < 1.29 is 13.2 Å². The molecule has 0 saturated heterocycles. The first-order valence-electron chi connectivity index (χ1n) is 5.03. The van der Waals surface area contributed by atoms with Crippen molar-refractivity contribution >= 4 is 11.8 Å². The van der Waals surface area contributed by atoms with Crippen LogP contribution in [0.15, 0.2) is 24.3 Å². The van der Waals surface area contributed by atoms with Gasteiger partial charge in [0.25, 0.3) is 0 Å². The molecule has 1 rings (SSSR count). The molecule has 0 bridgehead atoms. The maximum atomic E-state index is 12.3. The van der Waals surface area contributed by atoms with Crippen LogP contribution in [0.2, 0.25) is 0 Å². The number of hydrogen-bond acceptors (Lipinski definition) is 2. The van der Waals surface area contributed by atoms with Crippen LogP contribution in [0, 0.1) is 24.2 Å². The summed E-state index contributed by atoms with van der Waals surface area (Å²) >= 11 is 1.13. The van der Waals surface area contributed by atoms with Gasteiger partial charge in [-0.2, -0.15) is 30.2 Å². The predicted molar refractivity (Wildman–Crippen MR) is 62.5 cm³/mol. The molecule has 5 heteroatoms. The summed E-state index contributed by atoms with van der Waals surface area (Å²) in [5.74, 6) is -1.60. The Morgan fingerprint density at radius 2 is 2.12 bits per heavy atom. The van der Waals surface area contributed by atoms with Crippen molar-refractivity contribution in [2.75, 3.05) is 5.75 Å². The van der Waals surface area contributed by atoms with Crippen LogP contribution >= 0.6 is 11.8 Å². The average Bonchev–Trinajstić information content (AvgIpc) is 2.22. The Bertz CT molecular complexity index is 409. The number of hydrogen-bond donors (Lipinski definition) is 0. The first-order valence-corrected chi connectivity index (χ1v) is 6.18. The van der Waals surface area contributed by atoms with Gasteiger partial charge in [0.05, 0.1) is 6.07 Å². The third-order valence-electron chi connectivity index (χ3n) is 2.19. The van der Waals surface area contributed by atoms with Crippen molar-refractivity contribution in [1.29, 1.82) is 5.26 Å². The summed E-state index contributed by atoms with van der Waals surface area (Å²) in [4.78, 5) is 0. The molecule has 17 heavy (non-hydrogen) atoms. The number of aryl methyl sites for hydroxylation is 1. The second-order valence-corrected chi connectivity index (χ2v) is 4.76. The van der Waals surface area contributed by atoms with E-state index in [1.165, 1.54) is 6.07 Å². The Hall–Kier alpha value is -1.15. The van der Waals surface area contributed by atoms with Gasteiger partial charge in [0.15, 0.2) is 5.92 Å². The van der Waals surface area contributed by atoms with Crippen LogP contribution in [0.5, 0.6) is 0 Å². The van der Waals surface area contributed by atoms with Gasteiger partial charge in [0.2, 0.25) is 0 Å². The molecule has 1 aromatic carbocycles. The van der Waals surface area contributed by atoms with Crippen molar-refractivity contribution in [3.05, 3.63) is 35.4 Å². The first-order chi connectivity index (χ1) is 7.93. The molecule has 92 valence electrons. The largest absolute Gasteiger partial charge is 0.405 e. The topological polar surface area (TPSA) is 23.8 Å². The van der Waals surface area contributed by atoms with Crippen molar-refractivity contribution in [2.24, 2.45) is 5.92 Å². The number of benzene rings is 1. The highest BCUT2D eigenvalue weighted by atomic mass is 32.2. The van der Waals surface area contributed by atoms with Crippen LogP contribution in [-0.2, 0) is 5.75 Å². The maximum Gasteiger partial charge on any atom is 0.405 e. The fourth-order valence-corrected chi connectivity index (χ4v) is 2.33. The standard InChI is InChI=1S/C12H12F3NS/c1-9-3-2-4-10(5-9)7-17-8-11(6-16)12(13,14)15/h2-5,11H,7-8H2,1H3. The van der Waals surface area contributed by atoms with Crippen molar-refractivity contribution in [3.8, 4) is 6.07 Å². The lowest BCUT2D eigenvalue weighted by Crippen LogP contribution is -2.23. The van der Waals surface area contributed by atoms with Crippen molar-refractivity contribution in [2.45, 2.75) is 18.9 Å². The van der Waals surface area contributed by atoms with Gasteiger partial charge in [0.1, 0.15) is 0 Å². The molecule has 1 aromatic rings. The van der Waals surface area contributed by atoms with Gasteiger partial charge in [-0.3, -0.25) is 0 Å². The van der Waals surface area contributed by atoms with E-state index in [1.807, 2.05) is 31.2 Å². The summed E-state index contributed by atoms with van der Waals surface area (Å²) in [6.07, 6.45) is -4.42. The van der Waals surface area contributed by atoms with Gasteiger partial charge in [-0.05, 0) is 12.5 Å². The number of alkyl halides is 3. The third-order valence-corrected chi connectivity index (χ3v) is 3.29. The average molecular weight is 259 g/mol. The SMILES string of the molecule is Cc1cccc(CSCC(C#N)C(F)(F)F)c1. The van der Waals surface area contributed by atoms with Crippen molar-refractivity contribution in [1.82, 2.24) is 0 Å². The van der Waals surface area contributed by atoms with Crippen LogP contribution in [0.1, 0.15) is 11.1 Å². The fraction of sp³-hybridized carbons (Fsp3) is 0.417. The molecule has 1 atom stereocenters. The Morgan fingerprint density at radius 3 is 2.65 bits per heavy atom. The minimum Gasteiger partial charge on any atom is -0.198 e. The van der Waals surface area contributed by atoms with Crippen LogP contribution in [-0.4, -0.2) is 11.9 Å². The second-order valence-electron chi connectivity index (χ2n) is 3.73. The van der Waals surface area contributed by atoms with E-state index in [2.05, 4.69) is 0 Å². The van der Waals surface area contributed by atoms with Crippen LogP contribution in [0.4, 0.5) is 13.2 Å². The number of thioether (sulfide) groups is 1. The number of nitriles is 1. The highest BCUT2D eigenvalue weighted by Crippen LogP contribution is 2.29. The highest BCUT2D eigenvalue weighted by Gasteiger charge is 2.39. The van der Waals surface area contributed by atoms with Gasteiger partial charge in [-0.15, -0.1) is 0 Å². The zero-order valence-electron chi connectivity index (χ0n) is 9.29. The van der Waals surface area contributed by atoms with Crippen LogP contribution in [0.3, 0.4) is 0 Å². The smallest absolute Gasteiger partial charge is 0.198 e. The molecule has 0 radical (unpaired) electrons. The molecule has 0 amide bonds. The lowest BCUT2D eigenvalue weighted by Gasteiger charge is -2.12. The molecule has 0 saturated carbocycles. The minimum absolute atomic E-state index is 0.214. The summed E-state index contributed by atoms with van der Waals surface area (Å²) in [5.41, 5.74) is 2.06. The lowest BCUT2D eigenvalue weighted by molar-refractivity contribution is -0.152. The van der Waals surface area contributed by atoms with Crippen molar-refractivity contribution in [3.63, 3.8) is 0 Å². The van der Waals surface area contributed by atoms with Gasteiger partial charge < -0.3 is 0 Å². The van der Waals surface area contributed by atoms with Gasteiger partial charge in [0, 0.05) is 11.5 Å². The van der Waals surface area contributed by atoms with Gasteiger partial charge in [-0.1, -0.05) is 29.8 Å².